The second-order valence-electron chi connectivity index (χ2n) is 13.9. The molecule has 0 aromatic heterocycles. The fourth-order valence-corrected chi connectivity index (χ4v) is 10.6. The van der Waals surface area contributed by atoms with Gasteiger partial charge in [0.05, 0.1) is 0 Å². The van der Waals surface area contributed by atoms with Crippen LogP contribution in [-0.4, -0.2) is 5.78 Å². The molecule has 4 saturated carbocycles. The van der Waals surface area contributed by atoms with E-state index in [4.69, 9.17) is 6.58 Å². The van der Waals surface area contributed by atoms with E-state index in [0.717, 1.165) is 23.7 Å². The second-order valence-corrected chi connectivity index (χ2v) is 13.9. The molecule has 0 saturated heterocycles. The highest BCUT2D eigenvalue weighted by atomic mass is 16.1. The van der Waals surface area contributed by atoms with E-state index < -0.39 is 0 Å². The van der Waals surface area contributed by atoms with E-state index in [1.54, 1.807) is 11.1 Å². The van der Waals surface area contributed by atoms with Crippen LogP contribution < -0.4 is 0 Å². The van der Waals surface area contributed by atoms with Crippen LogP contribution >= 0.6 is 0 Å². The molecule has 0 bridgehead atoms. The molecule has 1 heteroatoms. The molecule has 188 valence electrons. The van der Waals surface area contributed by atoms with Crippen LogP contribution in [0.4, 0.5) is 0 Å². The van der Waals surface area contributed by atoms with E-state index in [1.165, 1.54) is 103 Å². The summed E-state index contributed by atoms with van der Waals surface area (Å²) in [5.74, 6) is 4.63. The first-order valence-electron chi connectivity index (χ1n) is 15.3. The van der Waals surface area contributed by atoms with Gasteiger partial charge < -0.3 is 0 Å². The molecule has 0 radical (unpaired) electrons. The van der Waals surface area contributed by atoms with Crippen LogP contribution in [0.25, 0.3) is 0 Å². The first kappa shape index (κ1) is 22.8. The van der Waals surface area contributed by atoms with E-state index in [1.807, 2.05) is 11.1 Å². The van der Waals surface area contributed by atoms with Gasteiger partial charge in [-0.3, -0.25) is 4.79 Å². The summed E-state index contributed by atoms with van der Waals surface area (Å²) in [7, 11) is 0. The number of ketones is 1. The molecule has 7 aliphatic carbocycles. The summed E-state index contributed by atoms with van der Waals surface area (Å²) in [6, 6.07) is 0. The van der Waals surface area contributed by atoms with Crippen molar-refractivity contribution in [2.24, 2.45) is 46.3 Å². The smallest absolute Gasteiger partial charge is 0.139 e. The molecule has 0 heterocycles. The predicted octanol–water partition coefficient (Wildman–Crippen LogP) is 8.92. The maximum Gasteiger partial charge on any atom is 0.139 e. The fraction of sp³-hybridized carbons (Fsp3) is 0.735. The standard InChI is InChI=1S/C34H46O/c1-22-7-5-6-19-34(22)20-18-30-28-17-16-23-8-3-4-9-27(23)31(28)29(21-33(30,34)2)24-10-12-25(13-11-24)32(35)26-14-15-26/h6,8,19,24-26,28-30H,1,3-5,7,9-18,20-21H2,2H3/t24?,25?,28?,29-,30?,33+,34+/m1/s1. The first-order valence-corrected chi connectivity index (χ1v) is 15.3. The quantitative estimate of drug-likeness (QED) is 0.376. The van der Waals surface area contributed by atoms with Crippen molar-refractivity contribution >= 4 is 5.78 Å². The molecular formula is C34H46O. The van der Waals surface area contributed by atoms with Crippen molar-refractivity contribution < 1.29 is 4.79 Å². The Bertz CT molecular complexity index is 1010. The third kappa shape index (κ3) is 3.35. The minimum absolute atomic E-state index is 0.242. The average Bonchev–Trinajstić information content (AvgIpc) is 3.69. The number of Topliss-reactive ketones (excluding diaryl/α,β-unsaturated/α-hetero) is 1. The summed E-state index contributed by atoms with van der Waals surface area (Å²) in [5.41, 5.74) is 7.66. The summed E-state index contributed by atoms with van der Waals surface area (Å²) in [4.78, 5) is 12.9. The molecule has 1 nitrogen and oxygen atoms in total. The third-order valence-corrected chi connectivity index (χ3v) is 12.5. The Kier molecular flexibility index (Phi) is 5.42. The predicted molar refractivity (Wildman–Crippen MR) is 144 cm³/mol. The normalized spacial score (nSPS) is 45.1. The molecular weight excluding hydrogens is 424 g/mol. The van der Waals surface area contributed by atoms with E-state index in [-0.39, 0.29) is 5.41 Å². The summed E-state index contributed by atoms with van der Waals surface area (Å²) in [5, 5.41) is 0. The van der Waals surface area contributed by atoms with Gasteiger partial charge in [-0.05, 0) is 143 Å². The van der Waals surface area contributed by atoms with E-state index in [2.05, 4.69) is 25.2 Å². The summed E-state index contributed by atoms with van der Waals surface area (Å²) < 4.78 is 0. The van der Waals surface area contributed by atoms with Gasteiger partial charge in [0.2, 0.25) is 0 Å². The van der Waals surface area contributed by atoms with Crippen molar-refractivity contribution in [3.8, 4) is 0 Å². The van der Waals surface area contributed by atoms with Crippen molar-refractivity contribution in [1.82, 2.24) is 0 Å². The van der Waals surface area contributed by atoms with Gasteiger partial charge in [-0.2, -0.15) is 0 Å². The van der Waals surface area contributed by atoms with Gasteiger partial charge in [-0.15, -0.1) is 0 Å². The Morgan fingerprint density at radius 1 is 0.914 bits per heavy atom. The lowest BCUT2D eigenvalue weighted by Gasteiger charge is -2.58. The van der Waals surface area contributed by atoms with Crippen LogP contribution in [0.15, 0.2) is 47.1 Å². The molecule has 1 spiro atoms. The SMILES string of the molecule is C=C1CCC=C[C@]12CCC1C3CCC4=CCCCC4=C3[C@@H](C3CCC(C(=O)C4CC4)CC3)C[C@@]12C. The number of hydrogen-bond acceptors (Lipinski definition) is 1. The topological polar surface area (TPSA) is 17.1 Å². The van der Waals surface area contributed by atoms with E-state index in [9.17, 15) is 4.79 Å². The number of hydrogen-bond donors (Lipinski definition) is 0. The molecule has 2 unspecified atom stereocenters. The number of fused-ring (bicyclic) bond motifs is 5. The minimum Gasteiger partial charge on any atom is -0.299 e. The van der Waals surface area contributed by atoms with Crippen LogP contribution in [-0.2, 0) is 4.79 Å². The highest BCUT2D eigenvalue weighted by Gasteiger charge is 2.63. The summed E-state index contributed by atoms with van der Waals surface area (Å²) in [6.45, 7) is 7.44. The number of rotatable bonds is 3. The molecule has 7 aliphatic rings. The highest BCUT2D eigenvalue weighted by Crippen LogP contribution is 2.72. The van der Waals surface area contributed by atoms with Gasteiger partial charge in [0.25, 0.3) is 0 Å². The molecule has 4 fully saturated rings. The Morgan fingerprint density at radius 3 is 2.43 bits per heavy atom. The van der Waals surface area contributed by atoms with Gasteiger partial charge in [0, 0.05) is 17.3 Å². The van der Waals surface area contributed by atoms with Crippen molar-refractivity contribution in [3.63, 3.8) is 0 Å². The first-order chi connectivity index (χ1) is 17.0. The zero-order valence-corrected chi connectivity index (χ0v) is 22.1. The largest absolute Gasteiger partial charge is 0.299 e. The second kappa shape index (κ2) is 8.32. The minimum atomic E-state index is 0.242. The fourth-order valence-electron chi connectivity index (χ4n) is 10.6. The van der Waals surface area contributed by atoms with Gasteiger partial charge in [0.15, 0.2) is 0 Å². The lowest BCUT2D eigenvalue weighted by molar-refractivity contribution is -0.125. The van der Waals surface area contributed by atoms with Gasteiger partial charge in [-0.25, -0.2) is 0 Å². The maximum atomic E-state index is 12.9. The zero-order chi connectivity index (χ0) is 23.8. The number of allylic oxidation sites excluding steroid dienone is 7. The number of carbonyl (C=O) groups excluding carboxylic acids is 1. The van der Waals surface area contributed by atoms with Crippen molar-refractivity contribution in [2.75, 3.05) is 0 Å². The lowest BCUT2D eigenvalue weighted by Crippen LogP contribution is -2.50. The van der Waals surface area contributed by atoms with Crippen LogP contribution in [0.2, 0.25) is 0 Å². The maximum absolute atomic E-state index is 12.9. The molecule has 0 aliphatic heterocycles. The van der Waals surface area contributed by atoms with Crippen LogP contribution in [0, 0.1) is 46.3 Å². The monoisotopic (exact) mass is 470 g/mol. The van der Waals surface area contributed by atoms with E-state index >= 15 is 0 Å². The number of carbonyl (C=O) groups is 1. The lowest BCUT2D eigenvalue weighted by atomic mass is 9.46. The van der Waals surface area contributed by atoms with Crippen LogP contribution in [0.1, 0.15) is 110 Å². The van der Waals surface area contributed by atoms with Crippen molar-refractivity contribution in [2.45, 2.75) is 110 Å². The van der Waals surface area contributed by atoms with E-state index in [0.29, 0.717) is 23.0 Å². The highest BCUT2D eigenvalue weighted by molar-refractivity contribution is 5.85. The average molecular weight is 471 g/mol. The Labute approximate surface area is 213 Å². The molecule has 0 aromatic carbocycles. The Morgan fingerprint density at radius 2 is 1.69 bits per heavy atom. The van der Waals surface area contributed by atoms with Gasteiger partial charge >= 0.3 is 0 Å². The molecule has 7 rings (SSSR count). The summed E-state index contributed by atoms with van der Waals surface area (Å²) in [6.07, 6.45) is 28.2. The molecule has 0 aromatic rings. The van der Waals surface area contributed by atoms with Crippen molar-refractivity contribution in [1.29, 1.82) is 0 Å². The van der Waals surface area contributed by atoms with Crippen molar-refractivity contribution in [3.05, 3.63) is 47.1 Å². The van der Waals surface area contributed by atoms with Crippen LogP contribution in [0.5, 0.6) is 0 Å². The van der Waals surface area contributed by atoms with Gasteiger partial charge in [0.1, 0.15) is 5.78 Å². The molecule has 0 N–H and O–H groups in total. The van der Waals surface area contributed by atoms with Crippen LogP contribution in [0.3, 0.4) is 0 Å². The molecule has 5 atom stereocenters. The zero-order valence-electron chi connectivity index (χ0n) is 22.1. The molecule has 0 amide bonds. The Balaban J connectivity index is 1.26. The Hall–Kier alpha value is -1.37. The third-order valence-electron chi connectivity index (χ3n) is 12.5. The summed E-state index contributed by atoms with van der Waals surface area (Å²) >= 11 is 0. The molecule has 35 heavy (non-hydrogen) atoms. The van der Waals surface area contributed by atoms with Gasteiger partial charge in [-0.1, -0.05) is 42.9 Å².